The van der Waals surface area contributed by atoms with Gasteiger partial charge < -0.3 is 9.47 Å². The van der Waals surface area contributed by atoms with Gasteiger partial charge in [-0.25, -0.2) is 0 Å². The van der Waals surface area contributed by atoms with E-state index in [0.717, 1.165) is 10.0 Å². The molecule has 0 aliphatic rings. The molecule has 0 saturated carbocycles. The zero-order valence-corrected chi connectivity index (χ0v) is 15.8. The van der Waals surface area contributed by atoms with Gasteiger partial charge in [-0.1, -0.05) is 28.6 Å². The average molecular weight is 419 g/mol. The molecule has 0 heterocycles. The van der Waals surface area contributed by atoms with Crippen molar-refractivity contribution in [1.82, 2.24) is 10.9 Å². The summed E-state index contributed by atoms with van der Waals surface area (Å²) < 4.78 is 11.7. The lowest BCUT2D eigenvalue weighted by Gasteiger charge is -2.10. The van der Waals surface area contributed by atoms with Crippen LogP contribution in [0.4, 0.5) is 0 Å². The number of halogens is 1. The fraction of sp³-hybridized carbons (Fsp3) is 0.158. The Morgan fingerprint density at radius 1 is 1.08 bits per heavy atom. The average Bonchev–Trinajstić information content (AvgIpc) is 2.65. The molecule has 136 valence electrons. The molecule has 2 aromatic rings. The van der Waals surface area contributed by atoms with Crippen molar-refractivity contribution in [3.05, 3.63) is 70.7 Å². The summed E-state index contributed by atoms with van der Waals surface area (Å²) in [4.78, 5) is 23.8. The maximum atomic E-state index is 12.0. The van der Waals surface area contributed by atoms with Crippen molar-refractivity contribution in [1.29, 1.82) is 0 Å². The van der Waals surface area contributed by atoms with Crippen LogP contribution in [0.3, 0.4) is 0 Å². The molecule has 0 fully saturated rings. The van der Waals surface area contributed by atoms with Crippen LogP contribution < -0.4 is 20.3 Å². The molecule has 0 saturated heterocycles. The highest BCUT2D eigenvalue weighted by Gasteiger charge is 2.08. The number of amides is 2. The molecule has 0 spiro atoms. The van der Waals surface area contributed by atoms with E-state index in [2.05, 4.69) is 33.4 Å². The van der Waals surface area contributed by atoms with Crippen molar-refractivity contribution in [2.75, 3.05) is 13.2 Å². The highest BCUT2D eigenvalue weighted by molar-refractivity contribution is 9.10. The summed E-state index contributed by atoms with van der Waals surface area (Å²) in [5, 5.41) is 0. The second kappa shape index (κ2) is 9.62. The van der Waals surface area contributed by atoms with Crippen LogP contribution >= 0.6 is 15.9 Å². The molecular formula is C19H19BrN2O4. The van der Waals surface area contributed by atoms with Gasteiger partial charge in [0.15, 0.2) is 6.61 Å². The summed E-state index contributed by atoms with van der Waals surface area (Å²) in [5.41, 5.74) is 6.03. The molecule has 6 nitrogen and oxygen atoms in total. The normalized spacial score (nSPS) is 9.92. The van der Waals surface area contributed by atoms with E-state index in [1.807, 2.05) is 19.1 Å². The Morgan fingerprint density at radius 3 is 2.42 bits per heavy atom. The molecule has 2 N–H and O–H groups in total. The molecule has 0 aliphatic carbocycles. The van der Waals surface area contributed by atoms with Gasteiger partial charge in [0.2, 0.25) is 0 Å². The van der Waals surface area contributed by atoms with Crippen LogP contribution in [0.2, 0.25) is 0 Å². The molecular weight excluding hydrogens is 400 g/mol. The molecule has 0 atom stereocenters. The monoisotopic (exact) mass is 418 g/mol. The van der Waals surface area contributed by atoms with Crippen molar-refractivity contribution in [3.63, 3.8) is 0 Å². The molecule has 2 rings (SSSR count). The van der Waals surface area contributed by atoms with E-state index in [4.69, 9.17) is 9.47 Å². The lowest BCUT2D eigenvalue weighted by atomic mass is 10.2. The number of hydrazine groups is 1. The fourth-order valence-corrected chi connectivity index (χ4v) is 2.19. The number of carbonyl (C=O) groups excluding carboxylic acids is 2. The van der Waals surface area contributed by atoms with E-state index in [1.165, 1.54) is 0 Å². The number of aryl methyl sites for hydroxylation is 1. The van der Waals surface area contributed by atoms with E-state index in [1.54, 1.807) is 36.4 Å². The summed E-state index contributed by atoms with van der Waals surface area (Å²) in [5.74, 6) is 0.295. The predicted octanol–water partition coefficient (Wildman–Crippen LogP) is 3.16. The molecule has 0 radical (unpaired) electrons. The number of benzene rings is 2. The number of carbonyl (C=O) groups is 2. The smallest absolute Gasteiger partial charge is 0.276 e. The van der Waals surface area contributed by atoms with Crippen LogP contribution in [-0.4, -0.2) is 25.0 Å². The highest BCUT2D eigenvalue weighted by Crippen LogP contribution is 2.21. The molecule has 2 amide bonds. The zero-order valence-electron chi connectivity index (χ0n) is 14.3. The lowest BCUT2D eigenvalue weighted by Crippen LogP contribution is -2.43. The third-order valence-corrected chi connectivity index (χ3v) is 4.19. The molecule has 0 bridgehead atoms. The minimum absolute atomic E-state index is 0.213. The standard InChI is InChI=1S/C19H19BrN2O4/c1-3-10-25-15-6-4-14(5-7-15)19(24)22-21-18(23)12-26-16-8-9-17(20)13(2)11-16/h3-9,11H,1,10,12H2,2H3,(H,21,23)(H,22,24). The van der Waals surface area contributed by atoms with E-state index in [9.17, 15) is 9.59 Å². The Morgan fingerprint density at radius 2 is 1.77 bits per heavy atom. The Labute approximate surface area is 160 Å². The molecule has 0 unspecified atom stereocenters. The topological polar surface area (TPSA) is 76.7 Å². The lowest BCUT2D eigenvalue weighted by molar-refractivity contribution is -0.123. The molecule has 0 aliphatic heterocycles. The second-order valence-corrected chi connectivity index (χ2v) is 6.18. The number of ether oxygens (including phenoxy) is 2. The van der Waals surface area contributed by atoms with E-state index in [0.29, 0.717) is 23.7 Å². The summed E-state index contributed by atoms with van der Waals surface area (Å²) in [7, 11) is 0. The Balaban J connectivity index is 1.78. The summed E-state index contributed by atoms with van der Waals surface area (Å²) >= 11 is 3.39. The second-order valence-electron chi connectivity index (χ2n) is 5.33. The first-order valence-electron chi connectivity index (χ1n) is 7.81. The quantitative estimate of drug-likeness (QED) is 0.534. The van der Waals surface area contributed by atoms with Crippen LogP contribution in [0.25, 0.3) is 0 Å². The minimum atomic E-state index is -0.468. The zero-order chi connectivity index (χ0) is 18.9. The largest absolute Gasteiger partial charge is 0.490 e. The van der Waals surface area contributed by atoms with Crippen molar-refractivity contribution in [2.45, 2.75) is 6.92 Å². The Hall–Kier alpha value is -2.80. The van der Waals surface area contributed by atoms with Gasteiger partial charge in [0.25, 0.3) is 11.8 Å². The summed E-state index contributed by atoms with van der Waals surface area (Å²) in [6.07, 6.45) is 1.63. The van der Waals surface area contributed by atoms with Gasteiger partial charge in [-0.05, 0) is 55.0 Å². The molecule has 26 heavy (non-hydrogen) atoms. The molecule has 0 aromatic heterocycles. The predicted molar refractivity (Wildman–Crippen MR) is 102 cm³/mol. The van der Waals surface area contributed by atoms with E-state index < -0.39 is 11.8 Å². The maximum Gasteiger partial charge on any atom is 0.276 e. The Kier molecular flexibility index (Phi) is 7.23. The first kappa shape index (κ1) is 19.5. The third kappa shape index (κ3) is 5.93. The Bertz CT molecular complexity index is 791. The fourth-order valence-electron chi connectivity index (χ4n) is 1.95. The van der Waals surface area contributed by atoms with Crippen molar-refractivity contribution in [3.8, 4) is 11.5 Å². The third-order valence-electron chi connectivity index (χ3n) is 3.30. The maximum absolute atomic E-state index is 12.0. The van der Waals surface area contributed by atoms with Gasteiger partial charge in [-0.3, -0.25) is 20.4 Å². The van der Waals surface area contributed by atoms with Gasteiger partial charge >= 0.3 is 0 Å². The van der Waals surface area contributed by atoms with Gasteiger partial charge in [-0.2, -0.15) is 0 Å². The highest BCUT2D eigenvalue weighted by atomic mass is 79.9. The van der Waals surface area contributed by atoms with Crippen LogP contribution in [0.5, 0.6) is 11.5 Å². The summed E-state index contributed by atoms with van der Waals surface area (Å²) in [6, 6.07) is 11.9. The number of nitrogens with one attached hydrogen (secondary N) is 2. The van der Waals surface area contributed by atoms with Crippen LogP contribution in [0, 0.1) is 6.92 Å². The van der Waals surface area contributed by atoms with E-state index >= 15 is 0 Å². The van der Waals surface area contributed by atoms with Crippen LogP contribution in [-0.2, 0) is 4.79 Å². The first-order valence-corrected chi connectivity index (χ1v) is 8.61. The first-order chi connectivity index (χ1) is 12.5. The van der Waals surface area contributed by atoms with Gasteiger partial charge in [0, 0.05) is 10.0 Å². The van der Waals surface area contributed by atoms with E-state index in [-0.39, 0.29) is 6.61 Å². The van der Waals surface area contributed by atoms with Crippen LogP contribution in [0.1, 0.15) is 15.9 Å². The van der Waals surface area contributed by atoms with Gasteiger partial charge in [0.1, 0.15) is 18.1 Å². The van der Waals surface area contributed by atoms with Crippen molar-refractivity contribution < 1.29 is 19.1 Å². The summed E-state index contributed by atoms with van der Waals surface area (Å²) in [6.45, 7) is 5.66. The van der Waals surface area contributed by atoms with Crippen molar-refractivity contribution >= 4 is 27.7 Å². The molecule has 7 heteroatoms. The SMILES string of the molecule is C=CCOc1ccc(C(=O)NNC(=O)COc2ccc(Br)c(C)c2)cc1. The van der Waals surface area contributed by atoms with Crippen molar-refractivity contribution in [2.24, 2.45) is 0 Å². The van der Waals surface area contributed by atoms with Crippen LogP contribution in [0.15, 0.2) is 59.6 Å². The van der Waals surface area contributed by atoms with Gasteiger partial charge in [0.05, 0.1) is 0 Å². The number of hydrogen-bond donors (Lipinski definition) is 2. The molecule has 2 aromatic carbocycles. The number of rotatable bonds is 7. The number of hydrogen-bond acceptors (Lipinski definition) is 4. The van der Waals surface area contributed by atoms with Gasteiger partial charge in [-0.15, -0.1) is 0 Å². The minimum Gasteiger partial charge on any atom is -0.490 e.